The smallest absolute Gasteiger partial charge is 0.181 e. The van der Waals surface area contributed by atoms with Gasteiger partial charge in [0.15, 0.2) is 5.65 Å². The molecule has 0 amide bonds. The third-order valence-electron chi connectivity index (χ3n) is 6.40. The van der Waals surface area contributed by atoms with Crippen molar-refractivity contribution in [3.63, 3.8) is 0 Å². The second-order valence-electron chi connectivity index (χ2n) is 8.95. The number of nitrogens with one attached hydrogen (secondary N) is 3. The van der Waals surface area contributed by atoms with Gasteiger partial charge in [0.2, 0.25) is 0 Å². The minimum atomic E-state index is 0.681. The van der Waals surface area contributed by atoms with Crippen LogP contribution >= 0.6 is 11.3 Å². The van der Waals surface area contributed by atoms with Gasteiger partial charge in [-0.1, -0.05) is 32.1 Å². The van der Waals surface area contributed by atoms with Gasteiger partial charge in [0.05, 0.1) is 23.3 Å². The molecule has 0 saturated carbocycles. The molecule has 5 aromatic heterocycles. The Morgan fingerprint density at radius 2 is 1.94 bits per heavy atom. The van der Waals surface area contributed by atoms with Crippen molar-refractivity contribution in [2.24, 2.45) is 0 Å². The Labute approximate surface area is 213 Å². The lowest BCUT2D eigenvalue weighted by molar-refractivity contribution is 0.791. The van der Waals surface area contributed by atoms with Crippen LogP contribution in [0, 0.1) is 0 Å². The molecule has 6 rings (SSSR count). The van der Waals surface area contributed by atoms with E-state index in [-0.39, 0.29) is 0 Å². The number of rotatable bonds is 8. The highest BCUT2D eigenvalue weighted by atomic mass is 32.1. The minimum Gasteiger partial charge on any atom is -0.358 e. The standard InChI is InChI=1S/C29H26N6S/c1-3-4-6-18(2)32-22-11-20(14-30-16-22)21-12-25-28(34-35-29(25)31-15-21)27-13-24-23(19-9-10-36-17-19)7-5-8-26(24)33-27/h5,7-17,32-33H,2-4,6H2,1H3,(H,31,34,35). The number of hydrogen-bond acceptors (Lipinski definition) is 5. The third-order valence-corrected chi connectivity index (χ3v) is 7.08. The van der Waals surface area contributed by atoms with Crippen LogP contribution in [0.3, 0.4) is 0 Å². The molecule has 0 unspecified atom stereocenters. The first-order valence-electron chi connectivity index (χ1n) is 12.1. The van der Waals surface area contributed by atoms with Crippen LogP contribution in [0.4, 0.5) is 5.69 Å². The predicted octanol–water partition coefficient (Wildman–Crippen LogP) is 8.01. The summed E-state index contributed by atoms with van der Waals surface area (Å²) in [6.07, 6.45) is 8.74. The highest BCUT2D eigenvalue weighted by Gasteiger charge is 2.15. The molecule has 0 radical (unpaired) electrons. The average Bonchev–Trinajstić information content (AvgIpc) is 3.66. The maximum absolute atomic E-state index is 4.63. The first kappa shape index (κ1) is 22.2. The third kappa shape index (κ3) is 4.18. The van der Waals surface area contributed by atoms with Crippen molar-refractivity contribution < 1.29 is 0 Å². The van der Waals surface area contributed by atoms with Gasteiger partial charge < -0.3 is 10.3 Å². The molecule has 1 aromatic carbocycles. The van der Waals surface area contributed by atoms with Crippen molar-refractivity contribution in [1.29, 1.82) is 0 Å². The molecular formula is C29H26N6S. The van der Waals surface area contributed by atoms with E-state index >= 15 is 0 Å². The molecule has 0 bridgehead atoms. The highest BCUT2D eigenvalue weighted by Crippen LogP contribution is 2.35. The summed E-state index contributed by atoms with van der Waals surface area (Å²) in [4.78, 5) is 12.6. The number of anilines is 1. The van der Waals surface area contributed by atoms with Crippen LogP contribution < -0.4 is 5.32 Å². The fourth-order valence-corrected chi connectivity index (χ4v) is 5.20. The summed E-state index contributed by atoms with van der Waals surface area (Å²) in [5.74, 6) is 0. The molecular weight excluding hydrogens is 464 g/mol. The lowest BCUT2D eigenvalue weighted by atomic mass is 10.0. The summed E-state index contributed by atoms with van der Waals surface area (Å²) < 4.78 is 0. The summed E-state index contributed by atoms with van der Waals surface area (Å²) in [5, 5.41) is 17.5. The van der Waals surface area contributed by atoms with Gasteiger partial charge in [-0.3, -0.25) is 10.1 Å². The summed E-state index contributed by atoms with van der Waals surface area (Å²) in [6.45, 7) is 6.32. The molecule has 0 aliphatic heterocycles. The number of thiophene rings is 1. The van der Waals surface area contributed by atoms with E-state index in [0.29, 0.717) is 5.65 Å². The second kappa shape index (κ2) is 9.43. The van der Waals surface area contributed by atoms with Gasteiger partial charge in [-0.15, -0.1) is 0 Å². The van der Waals surface area contributed by atoms with Crippen molar-refractivity contribution in [2.45, 2.75) is 26.2 Å². The highest BCUT2D eigenvalue weighted by molar-refractivity contribution is 7.08. The first-order chi connectivity index (χ1) is 17.7. The number of nitrogens with zero attached hydrogens (tertiary/aromatic N) is 3. The fraction of sp³-hybridized carbons (Fsp3) is 0.138. The Balaban J connectivity index is 1.37. The molecule has 6 aromatic rings. The Hall–Kier alpha value is -4.23. The zero-order chi connectivity index (χ0) is 24.5. The average molecular weight is 491 g/mol. The van der Waals surface area contributed by atoms with Crippen LogP contribution in [0.2, 0.25) is 0 Å². The van der Waals surface area contributed by atoms with Gasteiger partial charge in [-0.25, -0.2) is 4.98 Å². The largest absolute Gasteiger partial charge is 0.358 e. The number of aromatic nitrogens is 5. The van der Waals surface area contributed by atoms with Crippen molar-refractivity contribution in [1.82, 2.24) is 25.1 Å². The monoisotopic (exact) mass is 490 g/mol. The number of hydrogen-bond donors (Lipinski definition) is 3. The van der Waals surface area contributed by atoms with E-state index in [2.05, 4.69) is 97.2 Å². The Kier molecular flexibility index (Phi) is 5.83. The van der Waals surface area contributed by atoms with Crippen molar-refractivity contribution >= 4 is 39.0 Å². The van der Waals surface area contributed by atoms with Crippen molar-refractivity contribution in [3.8, 4) is 33.6 Å². The Morgan fingerprint density at radius 1 is 1.03 bits per heavy atom. The first-order valence-corrected chi connectivity index (χ1v) is 13.0. The maximum atomic E-state index is 4.63. The minimum absolute atomic E-state index is 0.681. The fourth-order valence-electron chi connectivity index (χ4n) is 4.55. The molecule has 36 heavy (non-hydrogen) atoms. The lowest BCUT2D eigenvalue weighted by Crippen LogP contribution is -1.98. The van der Waals surface area contributed by atoms with Gasteiger partial charge in [-0.2, -0.15) is 16.4 Å². The molecule has 0 spiro atoms. The van der Waals surface area contributed by atoms with E-state index < -0.39 is 0 Å². The number of benzene rings is 1. The molecule has 0 saturated heterocycles. The number of pyridine rings is 2. The molecule has 178 valence electrons. The van der Waals surface area contributed by atoms with E-state index in [9.17, 15) is 0 Å². The Bertz CT molecular complexity index is 1680. The van der Waals surface area contributed by atoms with Crippen LogP contribution in [0.5, 0.6) is 0 Å². The van der Waals surface area contributed by atoms with E-state index in [4.69, 9.17) is 0 Å². The summed E-state index contributed by atoms with van der Waals surface area (Å²) in [6, 6.07) is 14.9. The molecule has 5 heterocycles. The molecule has 0 aliphatic rings. The van der Waals surface area contributed by atoms with Crippen LogP contribution in [-0.2, 0) is 0 Å². The van der Waals surface area contributed by atoms with Gasteiger partial charge in [0.1, 0.15) is 0 Å². The maximum Gasteiger partial charge on any atom is 0.181 e. The summed E-state index contributed by atoms with van der Waals surface area (Å²) in [7, 11) is 0. The van der Waals surface area contributed by atoms with Crippen LogP contribution in [0.15, 0.2) is 84.1 Å². The normalized spacial score (nSPS) is 11.4. The van der Waals surface area contributed by atoms with Crippen LogP contribution in [0.25, 0.3) is 55.6 Å². The topological polar surface area (TPSA) is 82.3 Å². The Morgan fingerprint density at radius 3 is 2.81 bits per heavy atom. The SMILES string of the molecule is C=C(CCCC)Nc1cncc(-c2cnc3n[nH]c(-c4cc5c(-c6ccsc6)cccc5[nH]4)c3c2)c1. The predicted molar refractivity (Wildman–Crippen MR) is 150 cm³/mol. The van der Waals surface area contributed by atoms with Crippen LogP contribution in [-0.4, -0.2) is 25.1 Å². The number of fused-ring (bicyclic) bond motifs is 2. The number of aromatic amines is 2. The number of allylic oxidation sites excluding steroid dienone is 1. The molecule has 7 heteroatoms. The van der Waals surface area contributed by atoms with Gasteiger partial charge in [0, 0.05) is 45.5 Å². The number of unbranched alkanes of at least 4 members (excludes halogenated alkanes) is 1. The summed E-state index contributed by atoms with van der Waals surface area (Å²) >= 11 is 1.71. The molecule has 0 aliphatic carbocycles. The second-order valence-corrected chi connectivity index (χ2v) is 9.73. The van der Waals surface area contributed by atoms with E-state index in [1.807, 2.05) is 18.6 Å². The van der Waals surface area contributed by atoms with Gasteiger partial charge in [0.25, 0.3) is 0 Å². The quantitative estimate of drug-likeness (QED) is 0.202. The van der Waals surface area contributed by atoms with E-state index in [0.717, 1.165) is 64.1 Å². The molecule has 0 fully saturated rings. The summed E-state index contributed by atoms with van der Waals surface area (Å²) in [5.41, 5.74) is 10.0. The van der Waals surface area contributed by atoms with Crippen LogP contribution in [0.1, 0.15) is 26.2 Å². The molecule has 6 nitrogen and oxygen atoms in total. The van der Waals surface area contributed by atoms with Crippen molar-refractivity contribution in [3.05, 3.63) is 84.1 Å². The van der Waals surface area contributed by atoms with Gasteiger partial charge in [-0.05, 0) is 65.1 Å². The zero-order valence-electron chi connectivity index (χ0n) is 20.0. The van der Waals surface area contributed by atoms with Crippen molar-refractivity contribution in [2.75, 3.05) is 5.32 Å². The van der Waals surface area contributed by atoms with Gasteiger partial charge >= 0.3 is 0 Å². The molecule has 0 atom stereocenters. The lowest BCUT2D eigenvalue weighted by Gasteiger charge is -2.10. The molecule has 3 N–H and O–H groups in total. The van der Waals surface area contributed by atoms with E-state index in [1.54, 1.807) is 11.3 Å². The zero-order valence-corrected chi connectivity index (χ0v) is 20.8. The number of H-pyrrole nitrogens is 2. The van der Waals surface area contributed by atoms with E-state index in [1.165, 1.54) is 16.5 Å².